The summed E-state index contributed by atoms with van der Waals surface area (Å²) < 4.78 is 5.95. The van der Waals surface area contributed by atoms with Gasteiger partial charge in [0, 0.05) is 11.2 Å². The third-order valence-corrected chi connectivity index (χ3v) is 4.53. The molecular weight excluding hydrogens is 260 g/mol. The summed E-state index contributed by atoms with van der Waals surface area (Å²) in [5, 5.41) is 8.98. The lowest BCUT2D eigenvalue weighted by Gasteiger charge is -2.24. The first-order valence-electron chi connectivity index (χ1n) is 6.54. The van der Waals surface area contributed by atoms with E-state index in [9.17, 15) is 4.79 Å². The molecule has 1 N–H and O–H groups in total. The molecule has 1 unspecified atom stereocenters. The molecule has 0 bridgehead atoms. The van der Waals surface area contributed by atoms with Crippen LogP contribution in [-0.2, 0) is 10.2 Å². The average molecular weight is 280 g/mol. The van der Waals surface area contributed by atoms with Crippen molar-refractivity contribution in [1.82, 2.24) is 0 Å². The number of rotatable bonds is 5. The van der Waals surface area contributed by atoms with E-state index in [-0.39, 0.29) is 11.8 Å². The molecule has 0 aliphatic carbocycles. The SMILES string of the molecule is CC(C)(CC(=O)O)c1cccc(OC2CCSC2)c1. The summed E-state index contributed by atoms with van der Waals surface area (Å²) in [6.45, 7) is 3.90. The first-order valence-corrected chi connectivity index (χ1v) is 7.69. The lowest BCUT2D eigenvalue weighted by molar-refractivity contribution is -0.138. The summed E-state index contributed by atoms with van der Waals surface area (Å²) in [6, 6.07) is 7.84. The van der Waals surface area contributed by atoms with Crippen molar-refractivity contribution in [2.24, 2.45) is 0 Å². The summed E-state index contributed by atoms with van der Waals surface area (Å²) >= 11 is 1.92. The summed E-state index contributed by atoms with van der Waals surface area (Å²) in [7, 11) is 0. The number of hydrogen-bond acceptors (Lipinski definition) is 3. The van der Waals surface area contributed by atoms with E-state index in [4.69, 9.17) is 9.84 Å². The van der Waals surface area contributed by atoms with Crippen molar-refractivity contribution in [3.63, 3.8) is 0 Å². The highest BCUT2D eigenvalue weighted by atomic mass is 32.2. The molecule has 1 aromatic rings. The molecule has 0 saturated carbocycles. The lowest BCUT2D eigenvalue weighted by atomic mass is 9.81. The predicted molar refractivity (Wildman–Crippen MR) is 78.1 cm³/mol. The molecule has 1 atom stereocenters. The minimum absolute atomic E-state index is 0.121. The Morgan fingerprint density at radius 3 is 2.95 bits per heavy atom. The standard InChI is InChI=1S/C15H20O3S/c1-15(2,9-14(16)17)11-4-3-5-12(8-11)18-13-6-7-19-10-13/h3-5,8,13H,6-7,9-10H2,1-2H3,(H,16,17). The summed E-state index contributed by atoms with van der Waals surface area (Å²) in [5.41, 5.74) is 0.633. The maximum absolute atomic E-state index is 10.9. The van der Waals surface area contributed by atoms with Gasteiger partial charge < -0.3 is 9.84 Å². The van der Waals surface area contributed by atoms with Crippen LogP contribution in [0.25, 0.3) is 0 Å². The normalized spacial score (nSPS) is 19.4. The van der Waals surface area contributed by atoms with Crippen LogP contribution in [0.15, 0.2) is 24.3 Å². The third-order valence-electron chi connectivity index (χ3n) is 3.40. The molecule has 1 heterocycles. The zero-order chi connectivity index (χ0) is 13.9. The highest BCUT2D eigenvalue weighted by Gasteiger charge is 2.25. The number of carboxylic acid groups (broad SMARTS) is 1. The highest BCUT2D eigenvalue weighted by molar-refractivity contribution is 7.99. The summed E-state index contributed by atoms with van der Waals surface area (Å²) in [5.74, 6) is 2.28. The molecule has 104 valence electrons. The van der Waals surface area contributed by atoms with Gasteiger partial charge in [-0.1, -0.05) is 26.0 Å². The number of thioether (sulfide) groups is 1. The van der Waals surface area contributed by atoms with Crippen molar-refractivity contribution in [3.05, 3.63) is 29.8 Å². The van der Waals surface area contributed by atoms with Crippen LogP contribution in [0.1, 0.15) is 32.3 Å². The van der Waals surface area contributed by atoms with Crippen LogP contribution in [0.5, 0.6) is 5.75 Å². The highest BCUT2D eigenvalue weighted by Crippen LogP contribution is 2.31. The number of ether oxygens (including phenoxy) is 1. The Hall–Kier alpha value is -1.16. The number of hydrogen-bond donors (Lipinski definition) is 1. The minimum atomic E-state index is -0.775. The minimum Gasteiger partial charge on any atom is -0.490 e. The van der Waals surface area contributed by atoms with Crippen LogP contribution in [0.4, 0.5) is 0 Å². The van der Waals surface area contributed by atoms with Crippen molar-refractivity contribution < 1.29 is 14.6 Å². The van der Waals surface area contributed by atoms with Crippen molar-refractivity contribution in [1.29, 1.82) is 0 Å². The molecular formula is C15H20O3S. The number of carbonyl (C=O) groups is 1. The molecule has 0 amide bonds. The first-order chi connectivity index (χ1) is 8.97. The van der Waals surface area contributed by atoms with E-state index in [1.807, 2.05) is 49.9 Å². The topological polar surface area (TPSA) is 46.5 Å². The number of carboxylic acids is 1. The molecule has 1 saturated heterocycles. The van der Waals surface area contributed by atoms with Gasteiger partial charge in [-0.2, -0.15) is 11.8 Å². The molecule has 19 heavy (non-hydrogen) atoms. The van der Waals surface area contributed by atoms with Crippen molar-refractivity contribution >= 4 is 17.7 Å². The second kappa shape index (κ2) is 5.87. The number of aliphatic carboxylic acids is 1. The van der Waals surface area contributed by atoms with Crippen LogP contribution in [0.3, 0.4) is 0 Å². The van der Waals surface area contributed by atoms with Gasteiger partial charge in [-0.15, -0.1) is 0 Å². The number of benzene rings is 1. The molecule has 0 spiro atoms. The molecule has 0 aromatic heterocycles. The Morgan fingerprint density at radius 1 is 1.53 bits per heavy atom. The smallest absolute Gasteiger partial charge is 0.304 e. The Morgan fingerprint density at radius 2 is 2.32 bits per heavy atom. The monoisotopic (exact) mass is 280 g/mol. The van der Waals surface area contributed by atoms with E-state index in [1.54, 1.807) is 0 Å². The third kappa shape index (κ3) is 3.90. The molecule has 0 radical (unpaired) electrons. The van der Waals surface area contributed by atoms with E-state index in [1.165, 1.54) is 0 Å². The van der Waals surface area contributed by atoms with E-state index in [0.717, 1.165) is 29.2 Å². The van der Waals surface area contributed by atoms with Crippen LogP contribution in [0.2, 0.25) is 0 Å². The van der Waals surface area contributed by atoms with Crippen molar-refractivity contribution in [2.75, 3.05) is 11.5 Å². The van der Waals surface area contributed by atoms with E-state index in [2.05, 4.69) is 0 Å². The Kier molecular flexibility index (Phi) is 4.40. The Labute approximate surface area is 118 Å². The van der Waals surface area contributed by atoms with Gasteiger partial charge in [0.2, 0.25) is 0 Å². The van der Waals surface area contributed by atoms with E-state index < -0.39 is 5.97 Å². The predicted octanol–water partition coefficient (Wildman–Crippen LogP) is 3.32. The van der Waals surface area contributed by atoms with Gasteiger partial charge >= 0.3 is 5.97 Å². The molecule has 1 aliphatic rings. The fourth-order valence-electron chi connectivity index (χ4n) is 2.27. The zero-order valence-electron chi connectivity index (χ0n) is 11.4. The molecule has 3 nitrogen and oxygen atoms in total. The first kappa shape index (κ1) is 14.3. The van der Waals surface area contributed by atoms with Gasteiger partial charge in [-0.25, -0.2) is 0 Å². The summed E-state index contributed by atoms with van der Waals surface area (Å²) in [6.07, 6.45) is 1.51. The van der Waals surface area contributed by atoms with Gasteiger partial charge in [0.25, 0.3) is 0 Å². The van der Waals surface area contributed by atoms with Crippen LogP contribution in [-0.4, -0.2) is 28.7 Å². The maximum Gasteiger partial charge on any atom is 0.304 e. The van der Waals surface area contributed by atoms with Gasteiger partial charge in [-0.3, -0.25) is 4.79 Å². The van der Waals surface area contributed by atoms with Crippen LogP contribution in [0, 0.1) is 0 Å². The van der Waals surface area contributed by atoms with Crippen molar-refractivity contribution in [2.45, 2.75) is 38.2 Å². The second-order valence-corrected chi connectivity index (χ2v) is 6.74. The molecule has 4 heteroatoms. The quantitative estimate of drug-likeness (QED) is 0.898. The Bertz CT molecular complexity index is 450. The second-order valence-electron chi connectivity index (χ2n) is 5.59. The van der Waals surface area contributed by atoms with Gasteiger partial charge in [0.1, 0.15) is 11.9 Å². The largest absolute Gasteiger partial charge is 0.490 e. The molecule has 1 aromatic carbocycles. The Balaban J connectivity index is 2.11. The van der Waals surface area contributed by atoms with Gasteiger partial charge in [-0.05, 0) is 29.9 Å². The van der Waals surface area contributed by atoms with Gasteiger partial charge in [0.15, 0.2) is 0 Å². The summed E-state index contributed by atoms with van der Waals surface area (Å²) in [4.78, 5) is 10.9. The maximum atomic E-state index is 10.9. The molecule has 2 rings (SSSR count). The van der Waals surface area contributed by atoms with Crippen LogP contribution >= 0.6 is 11.8 Å². The fraction of sp³-hybridized carbons (Fsp3) is 0.533. The van der Waals surface area contributed by atoms with Crippen molar-refractivity contribution in [3.8, 4) is 5.75 Å². The van der Waals surface area contributed by atoms with Gasteiger partial charge in [0.05, 0.1) is 6.42 Å². The van der Waals surface area contributed by atoms with E-state index >= 15 is 0 Å². The fourth-order valence-corrected chi connectivity index (χ4v) is 3.36. The molecule has 1 aliphatic heterocycles. The zero-order valence-corrected chi connectivity index (χ0v) is 12.2. The van der Waals surface area contributed by atoms with Crippen LogP contribution < -0.4 is 4.74 Å². The van der Waals surface area contributed by atoms with E-state index in [0.29, 0.717) is 6.10 Å². The molecule has 1 fully saturated rings. The average Bonchev–Trinajstić information content (AvgIpc) is 2.80. The lowest BCUT2D eigenvalue weighted by Crippen LogP contribution is -2.22.